The van der Waals surface area contributed by atoms with Gasteiger partial charge < -0.3 is 14.6 Å². The molecule has 102 valence electrons. The first-order chi connectivity index (χ1) is 8.40. The van der Waals surface area contributed by atoms with Crippen LogP contribution in [0.1, 0.15) is 19.8 Å². The van der Waals surface area contributed by atoms with Crippen molar-refractivity contribution in [3.63, 3.8) is 0 Å². The molecule has 0 bridgehead atoms. The van der Waals surface area contributed by atoms with E-state index in [9.17, 15) is 5.11 Å². The van der Waals surface area contributed by atoms with Crippen LogP contribution >= 0.6 is 0 Å². The Balaban J connectivity index is 4.66. The Bertz CT molecular complexity index is 338. The minimum atomic E-state index is -1.48. The lowest BCUT2D eigenvalue weighted by molar-refractivity contribution is -0.0779. The van der Waals surface area contributed by atoms with E-state index in [2.05, 4.69) is 42.9 Å². The van der Waals surface area contributed by atoms with Crippen molar-refractivity contribution in [3.8, 4) is 23.3 Å². The second kappa shape index (κ2) is 9.19. The number of rotatable bonds is 5. The molecule has 0 aliphatic heterocycles. The summed E-state index contributed by atoms with van der Waals surface area (Å²) in [6, 6.07) is 0. The molecule has 0 heterocycles. The number of ether oxygens (including phenoxy) is 2. The van der Waals surface area contributed by atoms with E-state index in [4.69, 9.17) is 9.47 Å². The molecule has 2 atom stereocenters. The van der Waals surface area contributed by atoms with Crippen LogP contribution in [0.2, 0.25) is 19.6 Å². The highest BCUT2D eigenvalue weighted by atomic mass is 28.3. The molecule has 1 N–H and O–H groups in total. The maximum Gasteiger partial charge on any atom is 0.157 e. The molecule has 0 spiro atoms. The van der Waals surface area contributed by atoms with E-state index >= 15 is 0 Å². The molecule has 0 fully saturated rings. The van der Waals surface area contributed by atoms with Gasteiger partial charge in [0.25, 0.3) is 0 Å². The monoisotopic (exact) mass is 268 g/mol. The molecule has 0 aliphatic rings. The van der Waals surface area contributed by atoms with Gasteiger partial charge in [-0.25, -0.2) is 0 Å². The molecule has 4 heteroatoms. The first-order valence-electron chi connectivity index (χ1n) is 6.20. The van der Waals surface area contributed by atoms with Crippen molar-refractivity contribution >= 4 is 8.07 Å². The van der Waals surface area contributed by atoms with Gasteiger partial charge in [0, 0.05) is 13.5 Å². The van der Waals surface area contributed by atoms with Crippen molar-refractivity contribution in [2.75, 3.05) is 13.9 Å². The number of hydrogen-bond acceptors (Lipinski definition) is 3. The van der Waals surface area contributed by atoms with E-state index in [-0.39, 0.29) is 6.79 Å². The fourth-order valence-corrected chi connectivity index (χ4v) is 1.59. The van der Waals surface area contributed by atoms with E-state index in [0.29, 0.717) is 0 Å². The average Bonchev–Trinajstić information content (AvgIpc) is 2.28. The largest absolute Gasteiger partial charge is 0.377 e. The highest BCUT2D eigenvalue weighted by molar-refractivity contribution is 6.83. The van der Waals surface area contributed by atoms with Crippen molar-refractivity contribution in [2.24, 2.45) is 0 Å². The first-order valence-corrected chi connectivity index (χ1v) is 9.70. The maximum atomic E-state index is 9.92. The van der Waals surface area contributed by atoms with Crippen LogP contribution in [0.25, 0.3) is 0 Å². The molecule has 0 saturated heterocycles. The Kier molecular flexibility index (Phi) is 8.79. The lowest BCUT2D eigenvalue weighted by atomic mass is 10.2. The van der Waals surface area contributed by atoms with Crippen LogP contribution in [-0.2, 0) is 9.47 Å². The molecule has 0 aliphatic carbocycles. The molecule has 0 unspecified atom stereocenters. The van der Waals surface area contributed by atoms with Crippen LogP contribution in [0.5, 0.6) is 0 Å². The van der Waals surface area contributed by atoms with Crippen LogP contribution in [0, 0.1) is 23.3 Å². The molecule has 0 rings (SSSR count). The highest BCUT2D eigenvalue weighted by Crippen LogP contribution is 2.02. The van der Waals surface area contributed by atoms with E-state index < -0.39 is 20.3 Å². The zero-order valence-electron chi connectivity index (χ0n) is 12.0. The topological polar surface area (TPSA) is 38.7 Å². The van der Waals surface area contributed by atoms with E-state index in [0.717, 1.165) is 12.8 Å². The second-order valence-electron chi connectivity index (χ2n) is 5.03. The molecule has 0 aromatic rings. The van der Waals surface area contributed by atoms with Crippen LogP contribution in [0.3, 0.4) is 0 Å². The summed E-state index contributed by atoms with van der Waals surface area (Å²) in [5.74, 6) is 8.66. The van der Waals surface area contributed by atoms with Gasteiger partial charge in [-0.3, -0.25) is 0 Å². The molecule has 0 aromatic heterocycles. The van der Waals surface area contributed by atoms with E-state index in [1.807, 2.05) is 6.92 Å². The van der Waals surface area contributed by atoms with Crippen LogP contribution in [0.4, 0.5) is 0 Å². The van der Waals surface area contributed by atoms with Crippen LogP contribution < -0.4 is 0 Å². The predicted molar refractivity (Wildman–Crippen MR) is 76.6 cm³/mol. The number of hydrogen-bond donors (Lipinski definition) is 1. The van der Waals surface area contributed by atoms with Crippen molar-refractivity contribution in [3.05, 3.63) is 0 Å². The molecule has 0 aromatic carbocycles. The number of aliphatic hydroxyl groups excluding tert-OH is 1. The molecular weight excluding hydrogens is 244 g/mol. The normalized spacial score (nSPS) is 13.9. The lowest BCUT2D eigenvalue weighted by Gasteiger charge is -2.14. The Morgan fingerprint density at radius 1 is 1.22 bits per heavy atom. The Morgan fingerprint density at radius 3 is 2.39 bits per heavy atom. The van der Waals surface area contributed by atoms with Crippen LogP contribution in [0.15, 0.2) is 0 Å². The molecule has 0 radical (unpaired) electrons. The zero-order chi connectivity index (χ0) is 14.0. The lowest BCUT2D eigenvalue weighted by Crippen LogP contribution is -2.28. The smallest absolute Gasteiger partial charge is 0.157 e. The van der Waals surface area contributed by atoms with Gasteiger partial charge in [0.2, 0.25) is 0 Å². The Morgan fingerprint density at radius 2 is 1.89 bits per heavy atom. The van der Waals surface area contributed by atoms with Crippen molar-refractivity contribution in [1.82, 2.24) is 0 Å². The fraction of sp³-hybridized carbons (Fsp3) is 0.714. The van der Waals surface area contributed by atoms with Gasteiger partial charge in [-0.05, 0) is 6.42 Å². The van der Waals surface area contributed by atoms with Gasteiger partial charge in [-0.1, -0.05) is 38.4 Å². The number of methoxy groups -OCH3 is 1. The summed E-state index contributed by atoms with van der Waals surface area (Å²) < 4.78 is 10.2. The minimum absolute atomic E-state index is 0.109. The van der Waals surface area contributed by atoms with Gasteiger partial charge in [-0.15, -0.1) is 11.5 Å². The fourth-order valence-electron chi connectivity index (χ4n) is 1.02. The summed E-state index contributed by atoms with van der Waals surface area (Å²) in [6.45, 7) is 8.58. The third kappa shape index (κ3) is 9.27. The number of aliphatic hydroxyl groups is 1. The van der Waals surface area contributed by atoms with Crippen molar-refractivity contribution in [1.29, 1.82) is 0 Å². The summed E-state index contributed by atoms with van der Waals surface area (Å²) in [5, 5.41) is 9.92. The van der Waals surface area contributed by atoms with E-state index in [1.165, 1.54) is 7.11 Å². The van der Waals surface area contributed by atoms with Gasteiger partial charge in [-0.2, -0.15) is 0 Å². The Hall–Kier alpha value is -0.783. The molecule has 0 amide bonds. The van der Waals surface area contributed by atoms with E-state index in [1.54, 1.807) is 0 Å². The second-order valence-corrected chi connectivity index (χ2v) is 9.78. The SMILES string of the molecule is CCCC#C[C@H](O)[C@@H](C#C[Si](C)(C)C)OCOC. The summed E-state index contributed by atoms with van der Waals surface area (Å²) in [5.41, 5.74) is 3.18. The van der Waals surface area contributed by atoms with Gasteiger partial charge >= 0.3 is 0 Å². The first kappa shape index (κ1) is 17.2. The molecule has 18 heavy (non-hydrogen) atoms. The summed E-state index contributed by atoms with van der Waals surface area (Å²) in [7, 11) is 0.0554. The van der Waals surface area contributed by atoms with Gasteiger partial charge in [0.15, 0.2) is 12.2 Å². The highest BCUT2D eigenvalue weighted by Gasteiger charge is 2.16. The third-order valence-corrected chi connectivity index (χ3v) is 2.76. The third-order valence-electron chi connectivity index (χ3n) is 1.87. The van der Waals surface area contributed by atoms with Crippen molar-refractivity contribution < 1.29 is 14.6 Å². The summed E-state index contributed by atoms with van der Waals surface area (Å²) in [4.78, 5) is 0. The number of unbranched alkanes of at least 4 members (excludes halogenated alkanes) is 1. The Labute approximate surface area is 112 Å². The zero-order valence-corrected chi connectivity index (χ0v) is 13.0. The average molecular weight is 268 g/mol. The summed E-state index contributed by atoms with van der Waals surface area (Å²) >= 11 is 0. The minimum Gasteiger partial charge on any atom is -0.377 e. The quantitative estimate of drug-likeness (QED) is 0.471. The molecular formula is C14H24O3Si. The predicted octanol–water partition coefficient (Wildman–Crippen LogP) is 2.02. The molecule has 0 saturated carbocycles. The standard InChI is InChI=1S/C14H24O3Si/c1-6-7-8-9-13(15)14(17-12-16-2)10-11-18(3,4)5/h13-15H,6-7,12H2,1-5H3/t13-,14+/m0/s1. The van der Waals surface area contributed by atoms with Crippen LogP contribution in [-0.4, -0.2) is 39.3 Å². The summed E-state index contributed by atoms with van der Waals surface area (Å²) in [6.07, 6.45) is 0.274. The van der Waals surface area contributed by atoms with Gasteiger partial charge in [0.1, 0.15) is 14.9 Å². The van der Waals surface area contributed by atoms with Gasteiger partial charge in [0.05, 0.1) is 0 Å². The maximum absolute atomic E-state index is 9.92. The van der Waals surface area contributed by atoms with Crippen molar-refractivity contribution in [2.45, 2.75) is 51.6 Å². The molecule has 3 nitrogen and oxygen atoms in total.